The number of hydrogen-bond acceptors (Lipinski definition) is 2. The summed E-state index contributed by atoms with van der Waals surface area (Å²) in [6, 6.07) is 7.24. The van der Waals surface area contributed by atoms with Crippen LogP contribution in [0.4, 0.5) is 13.2 Å². The highest BCUT2D eigenvalue weighted by molar-refractivity contribution is 5.85. The van der Waals surface area contributed by atoms with Gasteiger partial charge in [-0.05, 0) is 36.7 Å². The van der Waals surface area contributed by atoms with E-state index in [1.165, 1.54) is 12.1 Å². The van der Waals surface area contributed by atoms with Crippen molar-refractivity contribution in [1.29, 1.82) is 0 Å². The van der Waals surface area contributed by atoms with Crippen LogP contribution in [0.2, 0.25) is 0 Å². The van der Waals surface area contributed by atoms with Crippen molar-refractivity contribution in [2.45, 2.75) is 46.0 Å². The third-order valence-corrected chi connectivity index (χ3v) is 4.28. The second kappa shape index (κ2) is 9.25. The van der Waals surface area contributed by atoms with Gasteiger partial charge in [-0.1, -0.05) is 38.8 Å². The summed E-state index contributed by atoms with van der Waals surface area (Å²) >= 11 is 0. The second-order valence-electron chi connectivity index (χ2n) is 5.99. The van der Waals surface area contributed by atoms with Crippen LogP contribution in [0.3, 0.4) is 0 Å². The molecule has 0 aliphatic heterocycles. The van der Waals surface area contributed by atoms with E-state index in [0.29, 0.717) is 12.5 Å². The maximum atomic E-state index is 12.7. The van der Waals surface area contributed by atoms with Gasteiger partial charge >= 0.3 is 6.18 Å². The SMILES string of the molecule is CCC(CC)Cn1nc(CNC)cc1-c1ccc(C(F)(F)F)cc1.Cl. The Morgan fingerprint density at radius 1 is 1.12 bits per heavy atom. The second-order valence-corrected chi connectivity index (χ2v) is 5.99. The number of hydrogen-bond donors (Lipinski definition) is 1. The van der Waals surface area contributed by atoms with Gasteiger partial charge in [-0.25, -0.2) is 0 Å². The molecule has 1 heterocycles. The summed E-state index contributed by atoms with van der Waals surface area (Å²) in [7, 11) is 1.84. The van der Waals surface area contributed by atoms with Crippen molar-refractivity contribution in [3.05, 3.63) is 41.6 Å². The predicted octanol–water partition coefficient (Wildman–Crippen LogP) is 5.15. The molecule has 0 unspecified atom stereocenters. The van der Waals surface area contributed by atoms with Gasteiger partial charge in [0.15, 0.2) is 0 Å². The summed E-state index contributed by atoms with van der Waals surface area (Å²) in [4.78, 5) is 0. The molecular weight excluding hydrogens is 351 g/mol. The van der Waals surface area contributed by atoms with Crippen molar-refractivity contribution in [3.63, 3.8) is 0 Å². The van der Waals surface area contributed by atoms with Crippen molar-refractivity contribution < 1.29 is 13.2 Å². The van der Waals surface area contributed by atoms with Gasteiger partial charge in [-0.3, -0.25) is 4.68 Å². The van der Waals surface area contributed by atoms with E-state index >= 15 is 0 Å². The van der Waals surface area contributed by atoms with Crippen molar-refractivity contribution in [1.82, 2.24) is 15.1 Å². The number of aromatic nitrogens is 2. The summed E-state index contributed by atoms with van der Waals surface area (Å²) in [6.07, 6.45) is -2.22. The van der Waals surface area contributed by atoms with Crippen LogP contribution >= 0.6 is 12.4 Å². The van der Waals surface area contributed by atoms with Crippen molar-refractivity contribution in [2.75, 3.05) is 7.05 Å². The Hall–Kier alpha value is -1.53. The van der Waals surface area contributed by atoms with Crippen LogP contribution < -0.4 is 5.32 Å². The Balaban J connectivity index is 0.00000312. The lowest BCUT2D eigenvalue weighted by Crippen LogP contribution is -2.13. The first-order valence-corrected chi connectivity index (χ1v) is 8.28. The average molecular weight is 376 g/mol. The monoisotopic (exact) mass is 375 g/mol. The van der Waals surface area contributed by atoms with Gasteiger partial charge in [-0.15, -0.1) is 12.4 Å². The molecule has 0 aliphatic carbocycles. The summed E-state index contributed by atoms with van der Waals surface area (Å²) in [5, 5.41) is 7.68. The number of rotatable bonds is 7. The molecule has 0 saturated heterocycles. The fourth-order valence-electron chi connectivity index (χ4n) is 2.73. The van der Waals surface area contributed by atoms with Gasteiger partial charge < -0.3 is 5.32 Å². The van der Waals surface area contributed by atoms with Crippen LogP contribution in [-0.4, -0.2) is 16.8 Å². The molecule has 0 bridgehead atoms. The molecular formula is C18H25ClF3N3. The molecule has 25 heavy (non-hydrogen) atoms. The minimum atomic E-state index is -4.31. The zero-order chi connectivity index (χ0) is 17.7. The highest BCUT2D eigenvalue weighted by atomic mass is 35.5. The molecule has 2 rings (SSSR count). The van der Waals surface area contributed by atoms with E-state index in [2.05, 4.69) is 24.3 Å². The van der Waals surface area contributed by atoms with Crippen molar-refractivity contribution in [3.8, 4) is 11.3 Å². The standard InChI is InChI=1S/C18H24F3N3.ClH/c1-4-13(5-2)12-24-17(10-16(23-24)11-22-3)14-6-8-15(9-7-14)18(19,20)21;/h6-10,13,22H,4-5,11-12H2,1-3H3;1H. The Kier molecular flexibility index (Phi) is 7.96. The van der Waals surface area contributed by atoms with Gasteiger partial charge in [0.2, 0.25) is 0 Å². The summed E-state index contributed by atoms with van der Waals surface area (Å²) in [5.74, 6) is 0.500. The summed E-state index contributed by atoms with van der Waals surface area (Å²) in [5.41, 5.74) is 1.87. The van der Waals surface area contributed by atoms with E-state index < -0.39 is 11.7 Å². The first-order valence-electron chi connectivity index (χ1n) is 8.28. The lowest BCUT2D eigenvalue weighted by molar-refractivity contribution is -0.137. The molecule has 1 aromatic heterocycles. The van der Waals surface area contributed by atoms with Crippen LogP contribution in [0, 0.1) is 5.92 Å². The highest BCUT2D eigenvalue weighted by Crippen LogP contribution is 2.31. The molecule has 140 valence electrons. The molecule has 0 amide bonds. The molecule has 3 nitrogen and oxygen atoms in total. The first-order chi connectivity index (χ1) is 11.4. The molecule has 7 heteroatoms. The molecule has 0 radical (unpaired) electrons. The molecule has 2 aromatic rings. The number of nitrogens with one attached hydrogen (secondary N) is 1. The lowest BCUT2D eigenvalue weighted by Gasteiger charge is -2.15. The van der Waals surface area contributed by atoms with Gasteiger partial charge in [0, 0.05) is 13.1 Å². The third kappa shape index (κ3) is 5.47. The van der Waals surface area contributed by atoms with E-state index in [1.807, 2.05) is 17.8 Å². The summed E-state index contributed by atoms with van der Waals surface area (Å²) in [6.45, 7) is 5.69. The minimum absolute atomic E-state index is 0. The van der Waals surface area contributed by atoms with Gasteiger partial charge in [-0.2, -0.15) is 18.3 Å². The average Bonchev–Trinajstić information content (AvgIpc) is 2.95. The largest absolute Gasteiger partial charge is 0.416 e. The Bertz CT molecular complexity index is 647. The topological polar surface area (TPSA) is 29.9 Å². The van der Waals surface area contributed by atoms with Crippen molar-refractivity contribution >= 4 is 12.4 Å². The highest BCUT2D eigenvalue weighted by Gasteiger charge is 2.30. The molecule has 0 saturated carbocycles. The van der Waals surface area contributed by atoms with E-state index in [-0.39, 0.29) is 12.4 Å². The fraction of sp³-hybridized carbons (Fsp3) is 0.500. The molecule has 1 aromatic carbocycles. The van der Waals surface area contributed by atoms with E-state index in [0.717, 1.165) is 48.5 Å². The molecule has 0 atom stereocenters. The van der Waals surface area contributed by atoms with Crippen molar-refractivity contribution in [2.24, 2.45) is 5.92 Å². The normalized spacial score (nSPS) is 11.6. The Morgan fingerprint density at radius 3 is 2.20 bits per heavy atom. The molecule has 0 spiro atoms. The van der Waals surface area contributed by atoms with Gasteiger partial charge in [0.1, 0.15) is 0 Å². The summed E-state index contributed by atoms with van der Waals surface area (Å²) < 4.78 is 40.2. The lowest BCUT2D eigenvalue weighted by atomic mass is 10.0. The van der Waals surface area contributed by atoms with Crippen LogP contribution in [0.5, 0.6) is 0 Å². The molecule has 1 N–H and O–H groups in total. The number of halogens is 4. The first kappa shape index (κ1) is 21.5. The van der Waals surface area contributed by atoms with Crippen LogP contribution in [0.1, 0.15) is 37.9 Å². The maximum Gasteiger partial charge on any atom is 0.416 e. The van der Waals surface area contributed by atoms with Gasteiger partial charge in [0.25, 0.3) is 0 Å². The van der Waals surface area contributed by atoms with Crippen LogP contribution in [-0.2, 0) is 19.3 Å². The predicted molar refractivity (Wildman–Crippen MR) is 96.7 cm³/mol. The zero-order valence-corrected chi connectivity index (χ0v) is 15.5. The number of alkyl halides is 3. The number of nitrogens with zero attached hydrogens (tertiary/aromatic N) is 2. The van der Waals surface area contributed by atoms with E-state index in [1.54, 1.807) is 0 Å². The third-order valence-electron chi connectivity index (χ3n) is 4.28. The maximum absolute atomic E-state index is 12.7. The van der Waals surface area contributed by atoms with Gasteiger partial charge in [0.05, 0.1) is 17.0 Å². The quantitative estimate of drug-likeness (QED) is 0.725. The van der Waals surface area contributed by atoms with Crippen LogP contribution in [0.25, 0.3) is 11.3 Å². The minimum Gasteiger partial charge on any atom is -0.314 e. The zero-order valence-electron chi connectivity index (χ0n) is 14.7. The molecule has 0 aliphatic rings. The Morgan fingerprint density at radius 2 is 1.72 bits per heavy atom. The van der Waals surface area contributed by atoms with E-state index in [4.69, 9.17) is 0 Å². The number of benzene rings is 1. The smallest absolute Gasteiger partial charge is 0.314 e. The van der Waals surface area contributed by atoms with E-state index in [9.17, 15) is 13.2 Å². The molecule has 0 fully saturated rings. The fourth-order valence-corrected chi connectivity index (χ4v) is 2.73. The Labute approximate surface area is 153 Å². The van der Waals surface area contributed by atoms with Crippen LogP contribution in [0.15, 0.2) is 30.3 Å².